The SMILES string of the molecule is N#CC1(c2ccc3c(cnn3C3CCCCO3)c2)CC1. The number of benzene rings is 1. The third-order valence-corrected chi connectivity index (χ3v) is 4.54. The molecule has 0 radical (unpaired) electrons. The van der Waals surface area contributed by atoms with Crippen LogP contribution in [0, 0.1) is 11.3 Å². The van der Waals surface area contributed by atoms with Gasteiger partial charge in [0.15, 0.2) is 6.23 Å². The summed E-state index contributed by atoms with van der Waals surface area (Å²) < 4.78 is 7.80. The standard InChI is InChI=1S/C16H17N3O/c17-11-16(6-7-16)13-4-5-14-12(9-13)10-18-19(14)15-3-1-2-8-20-15/h4-5,9-10,15H,1-3,6-8H2. The first-order chi connectivity index (χ1) is 9.82. The number of rotatable bonds is 2. The molecule has 2 heterocycles. The van der Waals surface area contributed by atoms with Crippen LogP contribution in [0.1, 0.15) is 43.9 Å². The number of aromatic nitrogens is 2. The lowest BCUT2D eigenvalue weighted by atomic mass is 9.97. The zero-order chi connectivity index (χ0) is 13.6. The van der Waals surface area contributed by atoms with Crippen molar-refractivity contribution in [1.82, 2.24) is 9.78 Å². The Kier molecular flexibility index (Phi) is 2.58. The van der Waals surface area contributed by atoms with Crippen LogP contribution < -0.4 is 0 Å². The molecular weight excluding hydrogens is 250 g/mol. The fourth-order valence-electron chi connectivity index (χ4n) is 3.09. The number of hydrogen-bond donors (Lipinski definition) is 0. The zero-order valence-corrected chi connectivity index (χ0v) is 11.4. The van der Waals surface area contributed by atoms with Crippen molar-refractivity contribution >= 4 is 10.9 Å². The summed E-state index contributed by atoms with van der Waals surface area (Å²) in [6, 6.07) is 8.75. The Morgan fingerprint density at radius 3 is 2.95 bits per heavy atom. The van der Waals surface area contributed by atoms with Crippen molar-refractivity contribution in [3.8, 4) is 6.07 Å². The molecule has 20 heavy (non-hydrogen) atoms. The Labute approximate surface area is 117 Å². The molecule has 1 aliphatic carbocycles. The Bertz CT molecular complexity index is 687. The highest BCUT2D eigenvalue weighted by Gasteiger charge is 2.44. The van der Waals surface area contributed by atoms with Crippen LogP contribution in [0.2, 0.25) is 0 Å². The van der Waals surface area contributed by atoms with Crippen molar-refractivity contribution in [2.24, 2.45) is 0 Å². The van der Waals surface area contributed by atoms with Gasteiger partial charge in [-0.15, -0.1) is 0 Å². The molecule has 1 saturated heterocycles. The molecule has 4 heteroatoms. The molecule has 2 aliphatic rings. The first-order valence-corrected chi connectivity index (χ1v) is 7.33. The van der Waals surface area contributed by atoms with Gasteiger partial charge in [-0.3, -0.25) is 0 Å². The number of ether oxygens (including phenoxy) is 1. The van der Waals surface area contributed by atoms with E-state index in [-0.39, 0.29) is 11.6 Å². The van der Waals surface area contributed by atoms with E-state index >= 15 is 0 Å². The van der Waals surface area contributed by atoms with Crippen molar-refractivity contribution < 1.29 is 4.74 Å². The van der Waals surface area contributed by atoms with Crippen molar-refractivity contribution in [3.63, 3.8) is 0 Å². The molecule has 4 nitrogen and oxygen atoms in total. The van der Waals surface area contributed by atoms with Crippen molar-refractivity contribution in [3.05, 3.63) is 30.0 Å². The van der Waals surface area contributed by atoms with Crippen LogP contribution in [0.15, 0.2) is 24.4 Å². The minimum atomic E-state index is -0.225. The summed E-state index contributed by atoms with van der Waals surface area (Å²) >= 11 is 0. The molecule has 1 unspecified atom stereocenters. The van der Waals surface area contributed by atoms with E-state index in [1.54, 1.807) is 0 Å². The molecule has 0 spiro atoms. The lowest BCUT2D eigenvalue weighted by Crippen LogP contribution is -2.18. The summed E-state index contributed by atoms with van der Waals surface area (Å²) in [5.41, 5.74) is 2.02. The molecule has 1 aromatic carbocycles. The van der Waals surface area contributed by atoms with Crippen LogP contribution in [0.3, 0.4) is 0 Å². The quantitative estimate of drug-likeness (QED) is 0.839. The summed E-state index contributed by atoms with van der Waals surface area (Å²) in [4.78, 5) is 0. The minimum absolute atomic E-state index is 0.0675. The van der Waals surface area contributed by atoms with Crippen LogP contribution in [-0.2, 0) is 10.2 Å². The Morgan fingerprint density at radius 1 is 1.35 bits per heavy atom. The topological polar surface area (TPSA) is 50.8 Å². The number of nitriles is 1. The highest BCUT2D eigenvalue weighted by Crippen LogP contribution is 2.48. The van der Waals surface area contributed by atoms with E-state index in [0.29, 0.717) is 0 Å². The third kappa shape index (κ3) is 1.74. The van der Waals surface area contributed by atoms with Crippen LogP contribution in [-0.4, -0.2) is 16.4 Å². The van der Waals surface area contributed by atoms with Crippen LogP contribution >= 0.6 is 0 Å². The number of fused-ring (bicyclic) bond motifs is 1. The fourth-order valence-corrected chi connectivity index (χ4v) is 3.09. The third-order valence-electron chi connectivity index (χ3n) is 4.54. The van der Waals surface area contributed by atoms with Crippen LogP contribution in [0.25, 0.3) is 10.9 Å². The molecule has 4 rings (SSSR count). The van der Waals surface area contributed by atoms with Gasteiger partial charge < -0.3 is 4.74 Å². The molecule has 2 aromatic rings. The van der Waals surface area contributed by atoms with Gasteiger partial charge >= 0.3 is 0 Å². The summed E-state index contributed by atoms with van der Waals surface area (Å²) in [6.45, 7) is 0.821. The molecule has 1 atom stereocenters. The largest absolute Gasteiger partial charge is 0.356 e. The summed E-state index contributed by atoms with van der Waals surface area (Å²) in [5.74, 6) is 0. The Balaban J connectivity index is 1.73. The van der Waals surface area contributed by atoms with E-state index in [0.717, 1.165) is 48.8 Å². The van der Waals surface area contributed by atoms with E-state index < -0.39 is 0 Å². The maximum absolute atomic E-state index is 9.30. The molecule has 2 fully saturated rings. The van der Waals surface area contributed by atoms with Crippen molar-refractivity contribution in [2.75, 3.05) is 6.61 Å². The highest BCUT2D eigenvalue weighted by atomic mass is 16.5. The second-order valence-electron chi connectivity index (χ2n) is 5.88. The van der Waals surface area contributed by atoms with Gasteiger partial charge in [-0.1, -0.05) is 6.07 Å². The van der Waals surface area contributed by atoms with E-state index in [1.807, 2.05) is 10.9 Å². The predicted octanol–water partition coefficient (Wildman–Crippen LogP) is 3.29. The zero-order valence-electron chi connectivity index (χ0n) is 11.4. The van der Waals surface area contributed by atoms with Gasteiger partial charge in [0.1, 0.15) is 0 Å². The van der Waals surface area contributed by atoms with Crippen molar-refractivity contribution in [1.29, 1.82) is 5.26 Å². The van der Waals surface area contributed by atoms with Gasteiger partial charge in [-0.2, -0.15) is 10.4 Å². The number of hydrogen-bond acceptors (Lipinski definition) is 3. The van der Waals surface area contributed by atoms with E-state index in [2.05, 4.69) is 29.4 Å². The Hall–Kier alpha value is -1.86. The molecule has 1 saturated carbocycles. The molecule has 0 bridgehead atoms. The second-order valence-corrected chi connectivity index (χ2v) is 5.88. The van der Waals surface area contributed by atoms with Gasteiger partial charge in [-0.05, 0) is 49.8 Å². The van der Waals surface area contributed by atoms with Gasteiger partial charge in [0.05, 0.1) is 23.2 Å². The lowest BCUT2D eigenvalue weighted by molar-refractivity contribution is -0.0366. The molecule has 1 aromatic heterocycles. The fraction of sp³-hybridized carbons (Fsp3) is 0.500. The average Bonchev–Trinajstić information content (AvgIpc) is 3.20. The average molecular weight is 267 g/mol. The molecule has 1 aliphatic heterocycles. The van der Waals surface area contributed by atoms with Gasteiger partial charge in [0.25, 0.3) is 0 Å². The normalized spacial score (nSPS) is 24.4. The monoisotopic (exact) mass is 267 g/mol. The smallest absolute Gasteiger partial charge is 0.150 e. The summed E-state index contributed by atoms with van der Waals surface area (Å²) in [5, 5.41) is 14.9. The first-order valence-electron chi connectivity index (χ1n) is 7.33. The second kappa shape index (κ2) is 4.32. The minimum Gasteiger partial charge on any atom is -0.356 e. The highest BCUT2D eigenvalue weighted by molar-refractivity contribution is 5.80. The van der Waals surface area contributed by atoms with Gasteiger partial charge in [0.2, 0.25) is 0 Å². The maximum Gasteiger partial charge on any atom is 0.150 e. The van der Waals surface area contributed by atoms with Gasteiger partial charge in [-0.25, -0.2) is 4.68 Å². The molecule has 102 valence electrons. The molecular formula is C16H17N3O. The first kappa shape index (κ1) is 11.9. The number of nitrogens with zero attached hydrogens (tertiary/aromatic N) is 3. The molecule has 0 N–H and O–H groups in total. The maximum atomic E-state index is 9.30. The summed E-state index contributed by atoms with van der Waals surface area (Å²) in [7, 11) is 0. The van der Waals surface area contributed by atoms with Crippen LogP contribution in [0.5, 0.6) is 0 Å². The van der Waals surface area contributed by atoms with Crippen LogP contribution in [0.4, 0.5) is 0 Å². The molecule has 0 amide bonds. The van der Waals surface area contributed by atoms with E-state index in [1.165, 1.54) is 6.42 Å². The van der Waals surface area contributed by atoms with E-state index in [9.17, 15) is 5.26 Å². The van der Waals surface area contributed by atoms with E-state index in [4.69, 9.17) is 4.74 Å². The lowest BCUT2D eigenvalue weighted by Gasteiger charge is -2.23. The summed E-state index contributed by atoms with van der Waals surface area (Å²) in [6.07, 6.45) is 7.29. The van der Waals surface area contributed by atoms with Gasteiger partial charge in [0, 0.05) is 12.0 Å². The predicted molar refractivity (Wildman–Crippen MR) is 75.1 cm³/mol. The Morgan fingerprint density at radius 2 is 2.25 bits per heavy atom. The van der Waals surface area contributed by atoms with Crippen molar-refractivity contribution in [2.45, 2.75) is 43.7 Å².